The number of rotatable bonds is 18. The first-order chi connectivity index (χ1) is 61.0. The van der Waals surface area contributed by atoms with Crippen LogP contribution in [0.3, 0.4) is 0 Å². The minimum absolute atomic E-state index is 0.0200. The first kappa shape index (κ1) is 90.1. The van der Waals surface area contributed by atoms with Gasteiger partial charge in [-0.15, -0.1) is 86.1 Å². The molecule has 0 bridgehead atoms. The first-order valence-corrected chi connectivity index (χ1v) is 45.3. The van der Waals surface area contributed by atoms with E-state index in [1.807, 2.05) is 126 Å². The van der Waals surface area contributed by atoms with Gasteiger partial charge in [0.15, 0.2) is 10.0 Å². The second kappa shape index (κ2) is 39.2. The Bertz CT molecular complexity index is 6200. The fraction of sp³-hybridized carbons (Fsp3) is 0.344. The minimum atomic E-state index is -0.501. The molecule has 0 radical (unpaired) electrons. The molecule has 4 aliphatic rings. The standard InChI is InChI=1S/C24H24N4O3S.2C24H24N4O2S.C19H16N4OS.C5H12O.H2O2/c1-24(2,3)31-23(29)28-13-17(14-28)22-27-26-20(30-22)12-21-25-18-10-9-16(11-19(18)32-21)15-7-5-4-6-8-15;2*1-24(2,3)14-28-12-17(13-28)21-26-27-22(30-21)20(29)23-25-18-10-9-16(11-19(18)31-23)15-7-5-4-6-8-15;1-2-4-12(5-3-1)13-6-7-15-16(8-13)25-18(21-15)9-17-22-23-19(24-17)14-10-20-11-14;1-5(2,3)6-4;1-2/h4-11,17H,12-14H2,1-3H3;2*4-11,17H,12-14H2,1-3H3;1-8,14,20H,9-11H2;1-4H3;1-2H. The maximum atomic E-state index is 12.9. The second-order valence-electron chi connectivity index (χ2n) is 36.1. The molecule has 0 aliphatic carbocycles. The van der Waals surface area contributed by atoms with Gasteiger partial charge in [-0.2, -0.15) is 0 Å². The van der Waals surface area contributed by atoms with Crippen LogP contribution < -0.4 is 5.32 Å². The van der Waals surface area contributed by atoms with E-state index in [1.165, 1.54) is 49.6 Å². The Kier molecular flexibility index (Phi) is 27.8. The van der Waals surface area contributed by atoms with E-state index < -0.39 is 5.60 Å². The molecule has 1 amide bonds. The normalized spacial score (nSPS) is 14.7. The van der Waals surface area contributed by atoms with Crippen LogP contribution in [0.15, 0.2) is 212 Å². The van der Waals surface area contributed by atoms with Gasteiger partial charge in [-0.05, 0) is 145 Å². The number of fused-ring (bicyclic) bond motifs is 4. The van der Waals surface area contributed by atoms with Crippen LogP contribution in [-0.4, -0.2) is 187 Å². The number of thiazole rings is 4. The predicted molar refractivity (Wildman–Crippen MR) is 495 cm³/mol. The summed E-state index contributed by atoms with van der Waals surface area (Å²) in [6.45, 7) is 33.5. The fourth-order valence-corrected chi connectivity index (χ4v) is 18.3. The quantitative estimate of drug-likeness (QED) is 0.0408. The van der Waals surface area contributed by atoms with Crippen molar-refractivity contribution >= 4 is 104 Å². The van der Waals surface area contributed by atoms with Crippen molar-refractivity contribution in [1.29, 1.82) is 0 Å². The Balaban J connectivity index is 0.000000127. The number of hydrogen-bond acceptors (Lipinski definition) is 30. The number of methoxy groups -OCH3 is 1. The second-order valence-corrected chi connectivity index (χ2v) is 40.4. The average Bonchev–Trinajstić information content (AvgIpc) is 1.67. The van der Waals surface area contributed by atoms with Crippen molar-refractivity contribution in [1.82, 2.24) is 80.7 Å². The molecule has 656 valence electrons. The maximum absolute atomic E-state index is 12.9. The van der Waals surface area contributed by atoms with Gasteiger partial charge in [0.05, 0.1) is 83.0 Å². The third kappa shape index (κ3) is 23.4. The lowest BCUT2D eigenvalue weighted by molar-refractivity contribution is -0.176. The van der Waals surface area contributed by atoms with E-state index in [0.29, 0.717) is 71.3 Å². The number of ether oxygens (including phenoxy) is 2. The Hall–Kier alpha value is -11.8. The number of carbonyl (C=O) groups is 3. The lowest BCUT2D eigenvalue weighted by atomic mass is 9.91. The molecule has 20 rings (SSSR count). The summed E-state index contributed by atoms with van der Waals surface area (Å²) in [6.07, 6.45) is 0.778. The zero-order valence-electron chi connectivity index (χ0n) is 73.2. The van der Waals surface area contributed by atoms with Crippen LogP contribution >= 0.6 is 45.3 Å². The third-order valence-electron chi connectivity index (χ3n) is 20.9. The van der Waals surface area contributed by atoms with Crippen LogP contribution in [-0.2, 0) is 22.3 Å². The molecule has 0 spiro atoms. The van der Waals surface area contributed by atoms with E-state index in [0.717, 1.165) is 127 Å². The van der Waals surface area contributed by atoms with E-state index in [4.69, 9.17) is 47.6 Å². The summed E-state index contributed by atoms with van der Waals surface area (Å²) in [5.74, 6) is 3.79. The number of carbonyl (C=O) groups excluding carboxylic acids is 3. The van der Waals surface area contributed by atoms with E-state index in [1.54, 1.807) is 34.7 Å². The largest absolute Gasteiger partial charge is 0.444 e. The highest BCUT2D eigenvalue weighted by atomic mass is 32.1. The highest BCUT2D eigenvalue weighted by Crippen LogP contribution is 2.38. The summed E-state index contributed by atoms with van der Waals surface area (Å²) in [6, 6.07) is 65.8. The summed E-state index contributed by atoms with van der Waals surface area (Å²) < 4.78 is 37.7. The number of amides is 1. The zero-order chi connectivity index (χ0) is 89.3. The Morgan fingerprint density at radius 2 is 0.701 bits per heavy atom. The van der Waals surface area contributed by atoms with Crippen LogP contribution in [0.1, 0.15) is 184 Å². The van der Waals surface area contributed by atoms with Gasteiger partial charge in [-0.1, -0.05) is 187 Å². The molecule has 8 aromatic heterocycles. The SMILES string of the molecule is CC(C)(C)CN1CC(c2nnc(C(=O)c3nc4ccc(-c5ccccc5)cc4s3)o2)C1.CC(C)(C)CN1CC(c2nnc(C(=O)c3nc4ccc(-c5ccccc5)cc4s3)o2)C1.CC(C)(C)OC(=O)N1CC(c2nnc(Cc3nc4ccc(-c5ccccc5)cc4s3)o2)C1.COC(C)(C)C.OO.c1ccc(-c2ccc3nc(Cc4nnc(C5CNC5)o4)sc3c2)cc1. The van der Waals surface area contributed by atoms with Gasteiger partial charge in [0.1, 0.15) is 15.6 Å². The fourth-order valence-electron chi connectivity index (χ4n) is 14.4. The van der Waals surface area contributed by atoms with Crippen molar-refractivity contribution in [2.24, 2.45) is 10.8 Å². The molecule has 4 fully saturated rings. The molecule has 127 heavy (non-hydrogen) atoms. The summed E-state index contributed by atoms with van der Waals surface area (Å²) in [7, 11) is 1.71. The maximum Gasteiger partial charge on any atom is 0.410 e. The molecule has 16 aromatic rings. The molecule has 8 aromatic carbocycles. The van der Waals surface area contributed by atoms with E-state index in [2.05, 4.69) is 217 Å². The van der Waals surface area contributed by atoms with Gasteiger partial charge in [-0.25, -0.2) is 24.7 Å². The molecule has 0 saturated carbocycles. The Labute approximate surface area is 751 Å². The molecular weight excluding hydrogens is 1680 g/mol. The van der Waals surface area contributed by atoms with Crippen molar-refractivity contribution in [3.8, 4) is 44.5 Å². The number of aromatic nitrogens is 12. The zero-order valence-corrected chi connectivity index (χ0v) is 76.4. The van der Waals surface area contributed by atoms with Gasteiger partial charge in [0.25, 0.3) is 23.3 Å². The molecule has 4 aliphatic heterocycles. The summed E-state index contributed by atoms with van der Waals surface area (Å²) in [4.78, 5) is 62.7. The predicted octanol–water partition coefficient (Wildman–Crippen LogP) is 20.4. The van der Waals surface area contributed by atoms with Crippen LogP contribution in [0, 0.1) is 10.8 Å². The number of benzene rings is 8. The lowest BCUT2D eigenvalue weighted by Gasteiger charge is -2.40. The highest BCUT2D eigenvalue weighted by molar-refractivity contribution is 7.21. The highest BCUT2D eigenvalue weighted by Gasteiger charge is 2.40. The minimum Gasteiger partial charge on any atom is -0.444 e. The van der Waals surface area contributed by atoms with Crippen LogP contribution in [0.2, 0.25) is 0 Å². The molecule has 3 N–H and O–H groups in total. The van der Waals surface area contributed by atoms with Crippen LogP contribution in [0.4, 0.5) is 4.79 Å². The number of ketones is 2. The van der Waals surface area contributed by atoms with Crippen LogP contribution in [0.25, 0.3) is 85.4 Å². The number of likely N-dealkylation sites (tertiary alicyclic amines) is 3. The summed E-state index contributed by atoms with van der Waals surface area (Å²) in [5.41, 5.74) is 12.9. The van der Waals surface area contributed by atoms with E-state index in [-0.39, 0.29) is 63.6 Å². The lowest BCUT2D eigenvalue weighted by Crippen LogP contribution is -2.50. The topological polar surface area (TPSA) is 339 Å². The molecule has 12 heterocycles. The van der Waals surface area contributed by atoms with Crippen molar-refractivity contribution in [3.63, 3.8) is 0 Å². The number of nitrogens with one attached hydrogen (secondary N) is 1. The van der Waals surface area contributed by atoms with Crippen molar-refractivity contribution in [2.75, 3.05) is 72.6 Å². The van der Waals surface area contributed by atoms with Gasteiger partial charge < -0.3 is 47.2 Å². The van der Waals surface area contributed by atoms with Crippen molar-refractivity contribution < 1.29 is 52.0 Å². The molecular formula is C96H102N16O11S4. The van der Waals surface area contributed by atoms with Crippen molar-refractivity contribution in [2.45, 2.75) is 131 Å². The monoisotopic (exact) mass is 1780 g/mol. The van der Waals surface area contributed by atoms with Crippen molar-refractivity contribution in [3.05, 3.63) is 261 Å². The number of hydrogen-bond donors (Lipinski definition) is 3. The van der Waals surface area contributed by atoms with Crippen LogP contribution in [0.5, 0.6) is 0 Å². The van der Waals surface area contributed by atoms with Gasteiger partial charge in [0, 0.05) is 72.6 Å². The van der Waals surface area contributed by atoms with E-state index in [9.17, 15) is 14.4 Å². The first-order valence-electron chi connectivity index (χ1n) is 42.1. The molecule has 27 nitrogen and oxygen atoms in total. The molecule has 0 atom stereocenters. The van der Waals surface area contributed by atoms with Gasteiger partial charge >= 0.3 is 6.09 Å². The smallest absolute Gasteiger partial charge is 0.410 e. The molecule has 0 unspecified atom stereocenters. The summed E-state index contributed by atoms with van der Waals surface area (Å²) in [5, 5.41) is 50.9. The molecule has 31 heteroatoms. The van der Waals surface area contributed by atoms with E-state index >= 15 is 0 Å². The Morgan fingerprint density at radius 1 is 0.386 bits per heavy atom. The van der Waals surface area contributed by atoms with Gasteiger partial charge in [-0.3, -0.25) is 20.1 Å². The Morgan fingerprint density at radius 3 is 1.02 bits per heavy atom. The summed E-state index contributed by atoms with van der Waals surface area (Å²) >= 11 is 6.04. The van der Waals surface area contributed by atoms with Gasteiger partial charge in [0.2, 0.25) is 35.3 Å². The average molecular weight is 1780 g/mol. The number of nitrogens with zero attached hydrogens (tertiary/aromatic N) is 15. The molecule has 4 saturated heterocycles. The third-order valence-corrected chi connectivity index (χ3v) is 25.0.